The highest BCUT2D eigenvalue weighted by atomic mass is 32.1. The molecule has 4 heteroatoms. The van der Waals surface area contributed by atoms with Gasteiger partial charge in [0.15, 0.2) is 0 Å². The van der Waals surface area contributed by atoms with E-state index in [0.29, 0.717) is 13.0 Å². The summed E-state index contributed by atoms with van der Waals surface area (Å²) < 4.78 is 5.08. The monoisotopic (exact) mass is 254 g/mol. The number of rotatable bonds is 6. The Labute approximate surface area is 107 Å². The molecule has 0 heterocycles. The first kappa shape index (κ1) is 13.9. The van der Waals surface area contributed by atoms with Crippen molar-refractivity contribution in [3.8, 4) is 5.75 Å². The zero-order chi connectivity index (χ0) is 12.7. The normalized spacial score (nSPS) is 12.1. The van der Waals surface area contributed by atoms with Crippen molar-refractivity contribution < 1.29 is 14.6 Å². The minimum atomic E-state index is -0.448. The zero-order valence-electron chi connectivity index (χ0n) is 9.93. The Morgan fingerprint density at radius 3 is 2.65 bits per heavy atom. The molecule has 1 unspecified atom stereocenters. The van der Waals surface area contributed by atoms with Crippen LogP contribution in [0.15, 0.2) is 24.3 Å². The molecule has 1 rings (SSSR count). The van der Waals surface area contributed by atoms with E-state index in [1.807, 2.05) is 6.92 Å². The van der Waals surface area contributed by atoms with Crippen LogP contribution in [-0.4, -0.2) is 22.9 Å². The molecule has 0 saturated carbocycles. The predicted octanol–water partition coefficient (Wildman–Crippen LogP) is 2.58. The number of aromatic hydroxyl groups is 1. The topological polar surface area (TPSA) is 46.5 Å². The van der Waals surface area contributed by atoms with Gasteiger partial charge in [0.25, 0.3) is 0 Å². The fourth-order valence-electron chi connectivity index (χ4n) is 1.35. The summed E-state index contributed by atoms with van der Waals surface area (Å²) in [6.45, 7) is 2.50. The van der Waals surface area contributed by atoms with Crippen molar-refractivity contribution in [3.05, 3.63) is 29.8 Å². The Kier molecular flexibility index (Phi) is 5.91. The molecule has 0 aromatic heterocycles. The molecule has 0 aliphatic rings. The van der Waals surface area contributed by atoms with Gasteiger partial charge in [0.05, 0.1) is 6.61 Å². The summed E-state index contributed by atoms with van der Waals surface area (Å²) in [6.07, 6.45) is 2.39. The van der Waals surface area contributed by atoms with E-state index in [1.165, 1.54) is 0 Å². The highest BCUT2D eigenvalue weighted by Gasteiger charge is 2.15. The van der Waals surface area contributed by atoms with E-state index in [2.05, 4.69) is 12.6 Å². The maximum absolute atomic E-state index is 11.5. The summed E-state index contributed by atoms with van der Waals surface area (Å²) >= 11 is 4.23. The first-order chi connectivity index (χ1) is 8.13. The molecule has 0 fully saturated rings. The minimum Gasteiger partial charge on any atom is -0.508 e. The van der Waals surface area contributed by atoms with Gasteiger partial charge in [-0.25, -0.2) is 0 Å². The highest BCUT2D eigenvalue weighted by molar-refractivity contribution is 7.81. The smallest absolute Gasteiger partial charge is 0.319 e. The van der Waals surface area contributed by atoms with E-state index in [-0.39, 0.29) is 11.7 Å². The number of carbonyl (C=O) groups is 1. The van der Waals surface area contributed by atoms with E-state index >= 15 is 0 Å². The van der Waals surface area contributed by atoms with E-state index in [0.717, 1.165) is 18.4 Å². The summed E-state index contributed by atoms with van der Waals surface area (Å²) in [6, 6.07) is 6.74. The first-order valence-corrected chi connectivity index (χ1v) is 6.27. The summed E-state index contributed by atoms with van der Waals surface area (Å²) in [4.78, 5) is 11.5. The Morgan fingerprint density at radius 2 is 2.06 bits per heavy atom. The van der Waals surface area contributed by atoms with Gasteiger partial charge in [0.2, 0.25) is 0 Å². The van der Waals surface area contributed by atoms with Crippen LogP contribution in [0, 0.1) is 0 Å². The average molecular weight is 254 g/mol. The third-order valence-electron chi connectivity index (χ3n) is 2.38. The van der Waals surface area contributed by atoms with Crippen LogP contribution in [0.1, 0.15) is 25.3 Å². The number of carbonyl (C=O) groups excluding carboxylic acids is 1. The fraction of sp³-hybridized carbons (Fsp3) is 0.462. The Balaban J connectivity index is 2.40. The number of unbranched alkanes of at least 4 members (excludes halogenated alkanes) is 1. The number of phenolic OH excluding ortho intramolecular Hbond substituents is 1. The van der Waals surface area contributed by atoms with Crippen LogP contribution in [0.5, 0.6) is 5.75 Å². The van der Waals surface area contributed by atoms with Crippen LogP contribution in [-0.2, 0) is 16.0 Å². The van der Waals surface area contributed by atoms with Crippen molar-refractivity contribution in [1.29, 1.82) is 0 Å². The molecule has 0 radical (unpaired) electrons. The second-order valence-electron chi connectivity index (χ2n) is 3.91. The molecule has 0 saturated heterocycles. The van der Waals surface area contributed by atoms with Crippen LogP contribution in [0.2, 0.25) is 0 Å². The fourth-order valence-corrected chi connectivity index (χ4v) is 1.64. The Morgan fingerprint density at radius 1 is 1.41 bits per heavy atom. The zero-order valence-corrected chi connectivity index (χ0v) is 10.8. The molecular weight excluding hydrogens is 236 g/mol. The molecule has 1 aromatic carbocycles. The van der Waals surface area contributed by atoms with Crippen molar-refractivity contribution in [2.24, 2.45) is 0 Å². The van der Waals surface area contributed by atoms with Crippen molar-refractivity contribution in [1.82, 2.24) is 0 Å². The van der Waals surface area contributed by atoms with Crippen LogP contribution >= 0.6 is 12.6 Å². The van der Waals surface area contributed by atoms with Crippen molar-refractivity contribution >= 4 is 18.6 Å². The number of hydrogen-bond acceptors (Lipinski definition) is 4. The lowest BCUT2D eigenvalue weighted by Crippen LogP contribution is -2.20. The molecule has 0 bridgehead atoms. The summed E-state index contributed by atoms with van der Waals surface area (Å²) in [5.74, 6) is -0.0650. The largest absolute Gasteiger partial charge is 0.508 e. The predicted molar refractivity (Wildman–Crippen MR) is 70.5 cm³/mol. The summed E-state index contributed by atoms with van der Waals surface area (Å²) in [7, 11) is 0. The molecule has 3 nitrogen and oxygen atoms in total. The van der Waals surface area contributed by atoms with Gasteiger partial charge in [0.1, 0.15) is 11.0 Å². The number of phenols is 1. The van der Waals surface area contributed by atoms with Crippen molar-refractivity contribution in [3.63, 3.8) is 0 Å². The molecular formula is C13H18O3S. The van der Waals surface area contributed by atoms with Gasteiger partial charge < -0.3 is 9.84 Å². The number of thiol groups is 1. The number of esters is 1. The first-order valence-electron chi connectivity index (χ1n) is 5.76. The SMILES string of the molecule is CCCCOC(=O)C(S)Cc1ccc(O)cc1. The van der Waals surface area contributed by atoms with Gasteiger partial charge in [-0.3, -0.25) is 4.79 Å². The minimum absolute atomic E-state index is 0.218. The summed E-state index contributed by atoms with van der Waals surface area (Å²) in [5, 5.41) is 8.68. The van der Waals surface area contributed by atoms with Gasteiger partial charge in [0, 0.05) is 0 Å². The third-order valence-corrected chi connectivity index (χ3v) is 2.77. The molecule has 0 aliphatic carbocycles. The Bertz CT molecular complexity index is 348. The van der Waals surface area contributed by atoms with Gasteiger partial charge >= 0.3 is 5.97 Å². The maximum Gasteiger partial charge on any atom is 0.319 e. The molecule has 0 aliphatic heterocycles. The standard InChI is InChI=1S/C13H18O3S/c1-2-3-8-16-13(15)12(17)9-10-4-6-11(14)7-5-10/h4-7,12,14,17H,2-3,8-9H2,1H3. The lowest BCUT2D eigenvalue weighted by atomic mass is 10.1. The van der Waals surface area contributed by atoms with Crippen LogP contribution in [0.4, 0.5) is 0 Å². The molecule has 0 amide bonds. The van der Waals surface area contributed by atoms with E-state index in [4.69, 9.17) is 9.84 Å². The van der Waals surface area contributed by atoms with E-state index < -0.39 is 5.25 Å². The van der Waals surface area contributed by atoms with E-state index in [9.17, 15) is 4.79 Å². The molecule has 17 heavy (non-hydrogen) atoms. The molecule has 1 N–H and O–H groups in total. The number of hydrogen-bond donors (Lipinski definition) is 2. The average Bonchev–Trinajstić information content (AvgIpc) is 2.32. The quantitative estimate of drug-likeness (QED) is 0.466. The lowest BCUT2D eigenvalue weighted by Gasteiger charge is -2.10. The second-order valence-corrected chi connectivity index (χ2v) is 4.53. The molecule has 1 atom stereocenters. The lowest BCUT2D eigenvalue weighted by molar-refractivity contribution is -0.143. The van der Waals surface area contributed by atoms with Crippen LogP contribution < -0.4 is 0 Å². The maximum atomic E-state index is 11.5. The number of benzene rings is 1. The molecule has 1 aromatic rings. The van der Waals surface area contributed by atoms with Gasteiger partial charge in [-0.05, 0) is 30.5 Å². The van der Waals surface area contributed by atoms with Gasteiger partial charge in [-0.2, -0.15) is 12.6 Å². The van der Waals surface area contributed by atoms with Gasteiger partial charge in [-0.15, -0.1) is 0 Å². The van der Waals surface area contributed by atoms with E-state index in [1.54, 1.807) is 24.3 Å². The van der Waals surface area contributed by atoms with Crippen LogP contribution in [0.3, 0.4) is 0 Å². The third kappa shape index (κ3) is 5.13. The Hall–Kier alpha value is -1.16. The molecule has 0 spiro atoms. The van der Waals surface area contributed by atoms with Gasteiger partial charge in [-0.1, -0.05) is 25.5 Å². The van der Waals surface area contributed by atoms with Crippen LogP contribution in [0.25, 0.3) is 0 Å². The van der Waals surface area contributed by atoms with Crippen molar-refractivity contribution in [2.75, 3.05) is 6.61 Å². The molecule has 94 valence electrons. The summed E-state index contributed by atoms with van der Waals surface area (Å²) in [5.41, 5.74) is 0.954. The number of ether oxygens (including phenoxy) is 1. The second kappa shape index (κ2) is 7.22. The van der Waals surface area contributed by atoms with Crippen molar-refractivity contribution in [2.45, 2.75) is 31.4 Å². The highest BCUT2D eigenvalue weighted by Crippen LogP contribution is 2.14.